The first-order valence-corrected chi connectivity index (χ1v) is 8.81. The van der Waals surface area contributed by atoms with Crippen molar-refractivity contribution < 1.29 is 4.39 Å². The van der Waals surface area contributed by atoms with Gasteiger partial charge in [-0.15, -0.1) is 24.0 Å². The van der Waals surface area contributed by atoms with Gasteiger partial charge < -0.3 is 14.8 Å². The Morgan fingerprint density at radius 1 is 1.25 bits per heavy atom. The van der Waals surface area contributed by atoms with Gasteiger partial charge >= 0.3 is 0 Å². The van der Waals surface area contributed by atoms with Gasteiger partial charge in [0.2, 0.25) is 0 Å². The van der Waals surface area contributed by atoms with Crippen LogP contribution in [0, 0.1) is 12.7 Å². The van der Waals surface area contributed by atoms with Gasteiger partial charge in [-0.05, 0) is 43.3 Å². The van der Waals surface area contributed by atoms with Gasteiger partial charge in [0.15, 0.2) is 5.96 Å². The molecule has 0 fully saturated rings. The molecule has 28 heavy (non-hydrogen) atoms. The summed E-state index contributed by atoms with van der Waals surface area (Å²) in [4.78, 5) is 6.45. The maximum Gasteiger partial charge on any atom is 0.194 e. The number of hydrogen-bond donors (Lipinski definition) is 1. The van der Waals surface area contributed by atoms with Gasteiger partial charge in [-0.1, -0.05) is 0 Å². The van der Waals surface area contributed by atoms with Crippen LogP contribution in [0.4, 0.5) is 4.39 Å². The molecular weight excluding hydrogens is 470 g/mol. The first-order valence-electron chi connectivity index (χ1n) is 8.81. The maximum absolute atomic E-state index is 13.1. The molecule has 0 aliphatic heterocycles. The number of aliphatic imine (C=N–C) groups is 1. The van der Waals surface area contributed by atoms with Gasteiger partial charge in [0, 0.05) is 51.3 Å². The summed E-state index contributed by atoms with van der Waals surface area (Å²) in [5.74, 6) is 0.555. The molecular formula is C20H26FIN6. The Balaban J connectivity index is 0.00000280. The van der Waals surface area contributed by atoms with Gasteiger partial charge in [-0.3, -0.25) is 4.99 Å². The predicted molar refractivity (Wildman–Crippen MR) is 121 cm³/mol. The largest absolute Gasteiger partial charge is 0.353 e. The lowest BCUT2D eigenvalue weighted by Gasteiger charge is -2.22. The van der Waals surface area contributed by atoms with Crippen LogP contribution in [-0.4, -0.2) is 39.3 Å². The molecule has 0 bridgehead atoms. The number of guanidine groups is 1. The zero-order valence-electron chi connectivity index (χ0n) is 16.6. The maximum atomic E-state index is 13.1. The van der Waals surface area contributed by atoms with Crippen LogP contribution in [0.25, 0.3) is 5.69 Å². The van der Waals surface area contributed by atoms with E-state index in [-0.39, 0.29) is 29.8 Å². The fraction of sp³-hybridized carbons (Fsp3) is 0.300. The third kappa shape index (κ3) is 5.12. The Labute approximate surface area is 182 Å². The SMILES string of the molecule is CN=C(NCc1cn(-c2ccc(F)cc2)nc1C)N(C)Cc1cccn1C.I. The standard InChI is InChI=1S/C20H25FN6.HI/c1-15-16(13-27(24-15)18-9-7-17(21)8-10-18)12-23-20(22-2)26(4)14-19-6-5-11-25(19)3;/h5-11,13H,12,14H2,1-4H3,(H,22,23);1H. The van der Waals surface area contributed by atoms with Crippen LogP contribution >= 0.6 is 24.0 Å². The van der Waals surface area contributed by atoms with Crippen LogP contribution in [0.15, 0.2) is 53.8 Å². The van der Waals surface area contributed by atoms with Crippen LogP contribution in [0.1, 0.15) is 17.0 Å². The van der Waals surface area contributed by atoms with E-state index in [0.29, 0.717) is 6.54 Å². The molecule has 3 aromatic rings. The average Bonchev–Trinajstić information content (AvgIpc) is 3.22. The Morgan fingerprint density at radius 2 is 1.96 bits per heavy atom. The summed E-state index contributed by atoms with van der Waals surface area (Å²) in [5.41, 5.74) is 4.02. The van der Waals surface area contributed by atoms with Crippen LogP contribution in [-0.2, 0) is 20.1 Å². The van der Waals surface area contributed by atoms with Gasteiger partial charge in [-0.2, -0.15) is 5.10 Å². The van der Waals surface area contributed by atoms with E-state index in [0.717, 1.165) is 29.4 Å². The molecule has 2 aromatic heterocycles. The van der Waals surface area contributed by atoms with E-state index in [9.17, 15) is 4.39 Å². The van der Waals surface area contributed by atoms with Crippen LogP contribution < -0.4 is 5.32 Å². The van der Waals surface area contributed by atoms with E-state index < -0.39 is 0 Å². The highest BCUT2D eigenvalue weighted by atomic mass is 127. The lowest BCUT2D eigenvalue weighted by molar-refractivity contribution is 0.461. The van der Waals surface area contributed by atoms with Crippen LogP contribution in [0.5, 0.6) is 0 Å². The molecule has 0 radical (unpaired) electrons. The molecule has 2 heterocycles. The minimum Gasteiger partial charge on any atom is -0.353 e. The minimum absolute atomic E-state index is 0. The van der Waals surface area contributed by atoms with E-state index in [1.807, 2.05) is 39.5 Å². The summed E-state index contributed by atoms with van der Waals surface area (Å²) >= 11 is 0. The molecule has 0 aliphatic rings. The number of nitrogens with zero attached hydrogens (tertiary/aromatic N) is 5. The van der Waals surface area contributed by atoms with Crippen molar-refractivity contribution in [3.63, 3.8) is 0 Å². The number of rotatable bonds is 5. The number of nitrogens with one attached hydrogen (secondary N) is 1. The minimum atomic E-state index is -0.255. The topological polar surface area (TPSA) is 50.4 Å². The lowest BCUT2D eigenvalue weighted by Crippen LogP contribution is -2.38. The first kappa shape index (κ1) is 21.9. The van der Waals surface area contributed by atoms with Gasteiger partial charge in [0.25, 0.3) is 0 Å². The zero-order valence-corrected chi connectivity index (χ0v) is 18.9. The van der Waals surface area contributed by atoms with Crippen molar-refractivity contribution >= 4 is 29.9 Å². The number of aryl methyl sites for hydroxylation is 2. The fourth-order valence-corrected chi connectivity index (χ4v) is 2.93. The molecule has 0 spiro atoms. The van der Waals surface area contributed by atoms with Crippen molar-refractivity contribution in [1.82, 2.24) is 24.6 Å². The number of hydrogen-bond acceptors (Lipinski definition) is 2. The predicted octanol–water partition coefficient (Wildman–Crippen LogP) is 3.48. The van der Waals surface area contributed by atoms with Gasteiger partial charge in [0.1, 0.15) is 5.82 Å². The Hall–Kier alpha value is -2.36. The van der Waals surface area contributed by atoms with E-state index in [2.05, 4.69) is 30.9 Å². The molecule has 1 aromatic carbocycles. The monoisotopic (exact) mass is 496 g/mol. The Bertz CT molecular complexity index is 929. The number of aromatic nitrogens is 3. The van der Waals surface area contributed by atoms with Crippen molar-refractivity contribution in [3.8, 4) is 5.69 Å². The smallest absolute Gasteiger partial charge is 0.194 e. The van der Waals surface area contributed by atoms with Gasteiger partial charge in [-0.25, -0.2) is 9.07 Å². The third-order valence-electron chi connectivity index (χ3n) is 4.55. The zero-order chi connectivity index (χ0) is 19.4. The molecule has 0 unspecified atom stereocenters. The highest BCUT2D eigenvalue weighted by Gasteiger charge is 2.11. The molecule has 6 nitrogen and oxygen atoms in total. The quantitative estimate of drug-likeness (QED) is 0.335. The molecule has 1 N–H and O–H groups in total. The van der Waals surface area contributed by atoms with Crippen LogP contribution in [0.2, 0.25) is 0 Å². The highest BCUT2D eigenvalue weighted by molar-refractivity contribution is 14.0. The third-order valence-corrected chi connectivity index (χ3v) is 4.55. The molecule has 0 saturated carbocycles. The summed E-state index contributed by atoms with van der Waals surface area (Å²) in [6, 6.07) is 10.4. The van der Waals surface area contributed by atoms with Crippen molar-refractivity contribution in [3.05, 3.63) is 71.6 Å². The normalized spacial score (nSPS) is 11.2. The second-order valence-electron chi connectivity index (χ2n) is 6.53. The van der Waals surface area contributed by atoms with Crippen molar-refractivity contribution in [2.75, 3.05) is 14.1 Å². The average molecular weight is 496 g/mol. The Kier molecular flexibility index (Phi) is 7.61. The summed E-state index contributed by atoms with van der Waals surface area (Å²) in [6.45, 7) is 3.33. The van der Waals surface area contributed by atoms with Crippen molar-refractivity contribution in [2.24, 2.45) is 12.0 Å². The lowest BCUT2D eigenvalue weighted by atomic mass is 10.2. The Morgan fingerprint density at radius 3 is 2.57 bits per heavy atom. The van der Waals surface area contributed by atoms with Crippen molar-refractivity contribution in [2.45, 2.75) is 20.0 Å². The summed E-state index contributed by atoms with van der Waals surface area (Å²) in [5, 5.41) is 7.91. The second-order valence-corrected chi connectivity index (χ2v) is 6.53. The fourth-order valence-electron chi connectivity index (χ4n) is 2.93. The molecule has 8 heteroatoms. The van der Waals surface area contributed by atoms with E-state index in [1.165, 1.54) is 17.8 Å². The van der Waals surface area contributed by atoms with E-state index >= 15 is 0 Å². The second kappa shape index (κ2) is 9.72. The van der Waals surface area contributed by atoms with Crippen LogP contribution in [0.3, 0.4) is 0 Å². The molecule has 3 rings (SSSR count). The van der Waals surface area contributed by atoms with Crippen molar-refractivity contribution in [1.29, 1.82) is 0 Å². The summed E-state index contributed by atoms with van der Waals surface area (Å²) < 4.78 is 17.0. The molecule has 0 atom stereocenters. The van der Waals surface area contributed by atoms with Gasteiger partial charge in [0.05, 0.1) is 17.9 Å². The number of benzene rings is 1. The molecule has 0 aliphatic carbocycles. The molecule has 150 valence electrons. The molecule has 0 amide bonds. The first-order chi connectivity index (χ1) is 13.0. The summed E-state index contributed by atoms with van der Waals surface area (Å²) in [6.07, 6.45) is 3.99. The molecule has 0 saturated heterocycles. The summed E-state index contributed by atoms with van der Waals surface area (Å²) in [7, 11) is 5.82. The number of halogens is 2. The van der Waals surface area contributed by atoms with E-state index in [4.69, 9.17) is 0 Å². The van der Waals surface area contributed by atoms with E-state index in [1.54, 1.807) is 23.9 Å². The highest BCUT2D eigenvalue weighted by Crippen LogP contribution is 2.13.